The molecule has 1 rings (SSSR count). The van der Waals surface area contributed by atoms with Gasteiger partial charge in [-0.3, -0.25) is 9.69 Å². The van der Waals surface area contributed by atoms with Gasteiger partial charge in [-0.25, -0.2) is 4.79 Å². The molecule has 3 amide bonds. The highest BCUT2D eigenvalue weighted by molar-refractivity contribution is 6.03. The zero-order valence-corrected chi connectivity index (χ0v) is 8.41. The summed E-state index contributed by atoms with van der Waals surface area (Å²) < 4.78 is 0. The first-order valence-electron chi connectivity index (χ1n) is 4.71. The molecule has 4 nitrogen and oxygen atoms in total. The van der Waals surface area contributed by atoms with E-state index in [0.29, 0.717) is 13.0 Å². The predicted octanol–water partition coefficient (Wildman–Crippen LogP) is 1.07. The molecule has 1 unspecified atom stereocenters. The van der Waals surface area contributed by atoms with Gasteiger partial charge in [0.15, 0.2) is 0 Å². The minimum absolute atomic E-state index is 0.0446. The van der Waals surface area contributed by atoms with E-state index in [-0.39, 0.29) is 18.0 Å². The van der Waals surface area contributed by atoms with Gasteiger partial charge in [0.2, 0.25) is 0 Å². The smallest absolute Gasteiger partial charge is 0.315 e. The van der Waals surface area contributed by atoms with E-state index in [9.17, 15) is 9.59 Å². The summed E-state index contributed by atoms with van der Waals surface area (Å²) in [5.41, 5.74) is 0. The maximum Gasteiger partial charge on any atom is 0.327 e. The summed E-state index contributed by atoms with van der Waals surface area (Å²) in [7, 11) is 1.68. The molecule has 13 heavy (non-hydrogen) atoms. The van der Waals surface area contributed by atoms with Gasteiger partial charge >= 0.3 is 6.03 Å². The molecule has 1 saturated heterocycles. The van der Waals surface area contributed by atoms with Crippen LogP contribution in [0.3, 0.4) is 0 Å². The van der Waals surface area contributed by atoms with E-state index in [0.717, 1.165) is 6.42 Å². The first-order valence-corrected chi connectivity index (χ1v) is 4.71. The number of hydrogen-bond acceptors (Lipinski definition) is 2. The molecular formula is C9H16N2O2. The van der Waals surface area contributed by atoms with E-state index in [1.807, 2.05) is 13.8 Å². The Hall–Kier alpha value is -1.06. The van der Waals surface area contributed by atoms with Crippen LogP contribution in [0.4, 0.5) is 4.79 Å². The first kappa shape index (κ1) is 10.0. The molecule has 4 heteroatoms. The van der Waals surface area contributed by atoms with Crippen molar-refractivity contribution < 1.29 is 9.59 Å². The highest BCUT2D eigenvalue weighted by Crippen LogP contribution is 2.17. The second-order valence-electron chi connectivity index (χ2n) is 3.31. The van der Waals surface area contributed by atoms with Gasteiger partial charge in [0.1, 0.15) is 6.04 Å². The molecule has 0 saturated carbocycles. The van der Waals surface area contributed by atoms with Crippen LogP contribution >= 0.6 is 0 Å². The fraction of sp³-hybridized carbons (Fsp3) is 0.778. The van der Waals surface area contributed by atoms with Crippen molar-refractivity contribution in [3.63, 3.8) is 0 Å². The van der Waals surface area contributed by atoms with Crippen LogP contribution in [-0.4, -0.2) is 41.4 Å². The predicted molar refractivity (Wildman–Crippen MR) is 49.2 cm³/mol. The molecule has 1 aliphatic rings. The average molecular weight is 184 g/mol. The minimum atomic E-state index is -0.237. The zero-order valence-electron chi connectivity index (χ0n) is 8.41. The summed E-state index contributed by atoms with van der Waals surface area (Å²) in [6.45, 7) is 4.42. The number of rotatable bonds is 3. The summed E-state index contributed by atoms with van der Waals surface area (Å²) in [4.78, 5) is 26.0. The average Bonchev–Trinajstić information content (AvgIpc) is 2.31. The number of urea groups is 1. The largest absolute Gasteiger partial charge is 0.327 e. The van der Waals surface area contributed by atoms with E-state index >= 15 is 0 Å². The molecule has 0 aromatic heterocycles. The van der Waals surface area contributed by atoms with Gasteiger partial charge in [0.25, 0.3) is 5.91 Å². The Kier molecular flexibility index (Phi) is 2.90. The van der Waals surface area contributed by atoms with Crippen molar-refractivity contribution in [2.75, 3.05) is 13.6 Å². The van der Waals surface area contributed by atoms with Crippen molar-refractivity contribution in [1.82, 2.24) is 9.80 Å². The molecule has 1 aliphatic heterocycles. The SMILES string of the molecule is CCCN1C(=O)C(CC)N(C)C1=O. The number of nitrogens with zero attached hydrogens (tertiary/aromatic N) is 2. The monoisotopic (exact) mass is 184 g/mol. The molecular weight excluding hydrogens is 168 g/mol. The topological polar surface area (TPSA) is 40.6 Å². The van der Waals surface area contributed by atoms with Crippen molar-refractivity contribution in [2.45, 2.75) is 32.7 Å². The number of hydrogen-bond donors (Lipinski definition) is 0. The summed E-state index contributed by atoms with van der Waals surface area (Å²) in [6, 6.07) is -0.391. The Balaban J connectivity index is 2.78. The first-order chi connectivity index (χ1) is 6.13. The van der Waals surface area contributed by atoms with Crippen molar-refractivity contribution in [3.05, 3.63) is 0 Å². The molecule has 1 heterocycles. The zero-order chi connectivity index (χ0) is 10.0. The number of imide groups is 1. The van der Waals surface area contributed by atoms with Crippen molar-refractivity contribution >= 4 is 11.9 Å². The fourth-order valence-corrected chi connectivity index (χ4v) is 1.64. The quantitative estimate of drug-likeness (QED) is 0.615. The van der Waals surface area contributed by atoms with Crippen molar-refractivity contribution in [2.24, 2.45) is 0 Å². The van der Waals surface area contributed by atoms with Gasteiger partial charge in [-0.2, -0.15) is 0 Å². The van der Waals surface area contributed by atoms with Crippen molar-refractivity contribution in [1.29, 1.82) is 0 Å². The van der Waals surface area contributed by atoms with Crippen molar-refractivity contribution in [3.8, 4) is 0 Å². The summed E-state index contributed by atoms with van der Waals surface area (Å²) >= 11 is 0. The fourth-order valence-electron chi connectivity index (χ4n) is 1.64. The summed E-state index contributed by atoms with van der Waals surface area (Å²) in [5.74, 6) is -0.0446. The third-order valence-corrected chi connectivity index (χ3v) is 2.39. The Bertz CT molecular complexity index is 228. The second-order valence-corrected chi connectivity index (χ2v) is 3.31. The van der Waals surface area contributed by atoms with Crippen LogP contribution < -0.4 is 0 Å². The van der Waals surface area contributed by atoms with Crippen LogP contribution in [0.1, 0.15) is 26.7 Å². The van der Waals surface area contributed by atoms with E-state index in [1.54, 1.807) is 7.05 Å². The lowest BCUT2D eigenvalue weighted by Crippen LogP contribution is -2.32. The third-order valence-electron chi connectivity index (χ3n) is 2.39. The molecule has 0 radical (unpaired) electrons. The maximum atomic E-state index is 11.6. The highest BCUT2D eigenvalue weighted by Gasteiger charge is 2.40. The van der Waals surface area contributed by atoms with E-state index in [1.165, 1.54) is 9.80 Å². The van der Waals surface area contributed by atoms with Gasteiger partial charge in [0, 0.05) is 13.6 Å². The summed E-state index contributed by atoms with van der Waals surface area (Å²) in [5, 5.41) is 0. The van der Waals surface area contributed by atoms with Crippen LogP contribution in [0.15, 0.2) is 0 Å². The summed E-state index contributed by atoms with van der Waals surface area (Å²) in [6.07, 6.45) is 1.52. The molecule has 74 valence electrons. The lowest BCUT2D eigenvalue weighted by Gasteiger charge is -2.13. The standard InChI is InChI=1S/C9H16N2O2/c1-4-6-11-8(12)7(5-2)10(3)9(11)13/h7H,4-6H2,1-3H3. The molecule has 0 aromatic carbocycles. The number of carbonyl (C=O) groups is 2. The van der Waals surface area contributed by atoms with Gasteiger partial charge in [-0.1, -0.05) is 13.8 Å². The molecule has 0 bridgehead atoms. The second kappa shape index (κ2) is 3.77. The van der Waals surface area contributed by atoms with E-state index in [2.05, 4.69) is 0 Å². The van der Waals surface area contributed by atoms with E-state index < -0.39 is 0 Å². The van der Waals surface area contributed by atoms with Crippen LogP contribution in [0, 0.1) is 0 Å². The van der Waals surface area contributed by atoms with Gasteiger partial charge in [-0.15, -0.1) is 0 Å². The van der Waals surface area contributed by atoms with Crippen LogP contribution in [0.5, 0.6) is 0 Å². The molecule has 0 aliphatic carbocycles. The highest BCUT2D eigenvalue weighted by atomic mass is 16.2. The van der Waals surface area contributed by atoms with E-state index in [4.69, 9.17) is 0 Å². The Morgan fingerprint density at radius 1 is 1.31 bits per heavy atom. The molecule has 1 fully saturated rings. The van der Waals surface area contributed by atoms with Crippen LogP contribution in [0.2, 0.25) is 0 Å². The number of likely N-dealkylation sites (N-methyl/N-ethyl adjacent to an activating group) is 1. The normalized spacial score (nSPS) is 23.2. The molecule has 0 spiro atoms. The van der Waals surface area contributed by atoms with Crippen LogP contribution in [-0.2, 0) is 4.79 Å². The molecule has 0 aromatic rings. The third kappa shape index (κ3) is 1.53. The Morgan fingerprint density at radius 3 is 2.31 bits per heavy atom. The van der Waals surface area contributed by atoms with Gasteiger partial charge < -0.3 is 4.90 Å². The Morgan fingerprint density at radius 2 is 1.92 bits per heavy atom. The Labute approximate surface area is 78.5 Å². The lowest BCUT2D eigenvalue weighted by atomic mass is 10.2. The molecule has 0 N–H and O–H groups in total. The minimum Gasteiger partial charge on any atom is -0.315 e. The molecule has 1 atom stereocenters. The van der Waals surface area contributed by atoms with Crippen LogP contribution in [0.25, 0.3) is 0 Å². The van der Waals surface area contributed by atoms with Gasteiger partial charge in [0.05, 0.1) is 0 Å². The van der Waals surface area contributed by atoms with Gasteiger partial charge in [-0.05, 0) is 12.8 Å². The maximum absolute atomic E-state index is 11.6. The lowest BCUT2D eigenvalue weighted by molar-refractivity contribution is -0.128. The number of amides is 3. The number of carbonyl (C=O) groups excluding carboxylic acids is 2.